The number of rotatable bonds is 14. The average Bonchev–Trinajstić information content (AvgIpc) is 3.12. The number of carbonyl (C=O) groups is 5. The molecule has 1 heterocycles. The van der Waals surface area contributed by atoms with Crippen LogP contribution in [0.1, 0.15) is 41.1 Å². The number of carboxylic acids is 4. The molecule has 1 saturated heterocycles. The first kappa shape index (κ1) is 47.7. The van der Waals surface area contributed by atoms with Gasteiger partial charge in [-0.15, -0.1) is 0 Å². The number of hydrogen-bond donors (Lipinski definition) is 7. The SMILES string of the molecule is CN(CCc1cc(C(F)(F)F)cc(C(F)(F)F)c1)C(=O)[C@H](c1ccccc1)N1CCC(NC(CO)CO)CC1.O=C(O)/C=C\C(=O)O.O=C(O)/C=C\C(=O)O. The highest BCUT2D eigenvalue weighted by molar-refractivity contribution is 5.90. The number of piperidine rings is 1. The Kier molecular flexibility index (Phi) is 19.8. The molecule has 14 nitrogen and oxygen atoms in total. The molecule has 0 unspecified atom stereocenters. The van der Waals surface area contributed by atoms with Gasteiger partial charge in [0.1, 0.15) is 6.04 Å². The van der Waals surface area contributed by atoms with Gasteiger partial charge >= 0.3 is 36.2 Å². The van der Waals surface area contributed by atoms with Gasteiger partial charge in [0, 0.05) is 57.0 Å². The molecule has 0 aliphatic carbocycles. The van der Waals surface area contributed by atoms with E-state index >= 15 is 0 Å². The Morgan fingerprint density at radius 2 is 1.18 bits per heavy atom. The number of carbonyl (C=O) groups excluding carboxylic acids is 1. The standard InChI is InChI=1S/C27H33F6N3O3.2C4H4O4/c1-35(10-7-18-13-20(26(28,29)30)15-21(14-18)27(31,32)33)25(39)24(19-5-3-2-4-6-19)36-11-8-22(9-12-36)34-23(16-37)17-38;2*5-3(6)1-2-4(7)8/h2-6,13-15,22-24,34,37-38H,7-12,16-17H2,1H3;2*1-2H,(H,5,6)(H,7,8)/b;2*2-1-/t24-;;/m0../s1. The summed E-state index contributed by atoms with van der Waals surface area (Å²) in [4.78, 5) is 55.2. The molecule has 1 amide bonds. The predicted molar refractivity (Wildman–Crippen MR) is 181 cm³/mol. The summed E-state index contributed by atoms with van der Waals surface area (Å²) in [5.74, 6) is -5.35. The lowest BCUT2D eigenvalue weighted by Crippen LogP contribution is -2.51. The number of benzene rings is 2. The minimum Gasteiger partial charge on any atom is -0.478 e. The zero-order valence-electron chi connectivity index (χ0n) is 29.2. The van der Waals surface area contributed by atoms with Crippen LogP contribution in [0.2, 0.25) is 0 Å². The lowest BCUT2D eigenvalue weighted by molar-refractivity contribution is -0.143. The van der Waals surface area contributed by atoms with Crippen molar-refractivity contribution in [2.75, 3.05) is 39.9 Å². The summed E-state index contributed by atoms with van der Waals surface area (Å²) < 4.78 is 79.4. The van der Waals surface area contributed by atoms with Crippen LogP contribution in [0.4, 0.5) is 26.3 Å². The van der Waals surface area contributed by atoms with Crippen LogP contribution in [0.5, 0.6) is 0 Å². The Labute approximate surface area is 310 Å². The molecule has 2 aromatic rings. The van der Waals surface area contributed by atoms with Crippen molar-refractivity contribution in [3.63, 3.8) is 0 Å². The number of likely N-dealkylation sites (N-methyl/N-ethyl adjacent to an activating group) is 1. The topological polar surface area (TPSA) is 225 Å². The third-order valence-corrected chi connectivity index (χ3v) is 7.65. The monoisotopic (exact) mass is 793 g/mol. The van der Waals surface area contributed by atoms with Gasteiger partial charge in [0.15, 0.2) is 0 Å². The molecule has 0 radical (unpaired) electrons. The summed E-state index contributed by atoms with van der Waals surface area (Å²) in [7, 11) is 1.48. The van der Waals surface area contributed by atoms with Gasteiger partial charge in [0.2, 0.25) is 5.91 Å². The maximum atomic E-state index is 13.6. The zero-order chi connectivity index (χ0) is 41.9. The van der Waals surface area contributed by atoms with Crippen molar-refractivity contribution >= 4 is 29.8 Å². The Balaban J connectivity index is 0.000000787. The van der Waals surface area contributed by atoms with Crippen molar-refractivity contribution in [1.29, 1.82) is 0 Å². The molecule has 3 rings (SSSR count). The van der Waals surface area contributed by atoms with Gasteiger partial charge in [-0.05, 0) is 48.6 Å². The number of aliphatic hydroxyl groups excluding tert-OH is 2. The summed E-state index contributed by atoms with van der Waals surface area (Å²) in [5.41, 5.74) is -2.21. The first-order chi connectivity index (χ1) is 25.6. The molecule has 2 aromatic carbocycles. The Hall–Kier alpha value is -5.31. The molecule has 1 fully saturated rings. The van der Waals surface area contributed by atoms with E-state index in [2.05, 4.69) is 5.32 Å². The third-order valence-electron chi connectivity index (χ3n) is 7.65. The van der Waals surface area contributed by atoms with Crippen LogP contribution >= 0.6 is 0 Å². The summed E-state index contributed by atoms with van der Waals surface area (Å²) in [6.07, 6.45) is -6.53. The second-order valence-electron chi connectivity index (χ2n) is 11.8. The van der Waals surface area contributed by atoms with E-state index < -0.39 is 59.4 Å². The van der Waals surface area contributed by atoms with Gasteiger partial charge in [0.25, 0.3) is 0 Å². The van der Waals surface area contributed by atoms with Crippen LogP contribution in [-0.2, 0) is 42.7 Å². The molecule has 1 aliphatic rings. The molecule has 0 bridgehead atoms. The molecule has 0 saturated carbocycles. The normalized spacial score (nSPS) is 14.4. The van der Waals surface area contributed by atoms with Crippen molar-refractivity contribution in [2.24, 2.45) is 0 Å². The molecular weight excluding hydrogens is 752 g/mol. The minimum absolute atomic E-state index is 0.0403. The van der Waals surface area contributed by atoms with E-state index in [1.54, 1.807) is 30.3 Å². The number of alkyl halides is 6. The molecular formula is C35H41F6N3O11. The summed E-state index contributed by atoms with van der Waals surface area (Å²) in [6, 6.07) is 9.37. The largest absolute Gasteiger partial charge is 0.478 e. The van der Waals surface area contributed by atoms with Gasteiger partial charge in [-0.1, -0.05) is 30.3 Å². The fraction of sp³-hybridized carbons (Fsp3) is 0.400. The number of amides is 1. The highest BCUT2D eigenvalue weighted by atomic mass is 19.4. The van der Waals surface area contributed by atoms with Crippen molar-refractivity contribution in [3.05, 3.63) is 95.1 Å². The van der Waals surface area contributed by atoms with E-state index in [4.69, 9.17) is 20.4 Å². The van der Waals surface area contributed by atoms with Crippen LogP contribution in [0, 0.1) is 0 Å². The molecule has 0 spiro atoms. The summed E-state index contributed by atoms with van der Waals surface area (Å²) in [6.45, 7) is 0.575. The van der Waals surface area contributed by atoms with Gasteiger partial charge in [-0.25, -0.2) is 19.2 Å². The maximum Gasteiger partial charge on any atom is 0.416 e. The molecule has 1 aliphatic heterocycles. The van der Waals surface area contributed by atoms with E-state index in [-0.39, 0.29) is 49.8 Å². The van der Waals surface area contributed by atoms with Crippen molar-refractivity contribution < 1.29 is 81.0 Å². The molecule has 55 heavy (non-hydrogen) atoms. The van der Waals surface area contributed by atoms with Gasteiger partial charge in [-0.3, -0.25) is 9.69 Å². The fourth-order valence-electron chi connectivity index (χ4n) is 5.03. The number of nitrogens with one attached hydrogen (secondary N) is 1. The summed E-state index contributed by atoms with van der Waals surface area (Å²) >= 11 is 0. The van der Waals surface area contributed by atoms with Gasteiger partial charge in [0.05, 0.1) is 30.4 Å². The van der Waals surface area contributed by atoms with E-state index in [0.29, 0.717) is 62.4 Å². The van der Waals surface area contributed by atoms with Crippen molar-refractivity contribution in [3.8, 4) is 0 Å². The molecule has 304 valence electrons. The zero-order valence-corrected chi connectivity index (χ0v) is 29.2. The maximum absolute atomic E-state index is 13.6. The number of nitrogens with zero attached hydrogens (tertiary/aromatic N) is 2. The van der Waals surface area contributed by atoms with Crippen LogP contribution in [0.25, 0.3) is 0 Å². The van der Waals surface area contributed by atoms with Gasteiger partial charge < -0.3 is 40.9 Å². The smallest absolute Gasteiger partial charge is 0.416 e. The minimum atomic E-state index is -4.94. The van der Waals surface area contributed by atoms with Crippen molar-refractivity contribution in [2.45, 2.75) is 49.7 Å². The molecule has 0 aromatic heterocycles. The van der Waals surface area contributed by atoms with Crippen molar-refractivity contribution in [1.82, 2.24) is 15.1 Å². The number of aliphatic hydroxyl groups is 2. The highest BCUT2D eigenvalue weighted by Crippen LogP contribution is 2.36. The van der Waals surface area contributed by atoms with E-state index in [1.807, 2.05) is 4.90 Å². The van der Waals surface area contributed by atoms with E-state index in [1.165, 1.54) is 11.9 Å². The Bertz CT molecular complexity index is 1530. The van der Waals surface area contributed by atoms with Gasteiger partial charge in [-0.2, -0.15) is 26.3 Å². The third kappa shape index (κ3) is 18.5. The highest BCUT2D eigenvalue weighted by Gasteiger charge is 2.37. The second-order valence-corrected chi connectivity index (χ2v) is 11.8. The lowest BCUT2D eigenvalue weighted by atomic mass is 9.97. The second kappa shape index (κ2) is 22.8. The molecule has 20 heteroatoms. The first-order valence-electron chi connectivity index (χ1n) is 16.2. The van der Waals surface area contributed by atoms with E-state index in [9.17, 15) is 60.5 Å². The number of hydrogen-bond acceptors (Lipinski definition) is 9. The van der Waals surface area contributed by atoms with Crippen LogP contribution in [-0.4, -0.2) is 122 Å². The predicted octanol–water partition coefficient (Wildman–Crippen LogP) is 3.30. The van der Waals surface area contributed by atoms with Crippen LogP contribution < -0.4 is 5.32 Å². The van der Waals surface area contributed by atoms with E-state index in [0.717, 1.165) is 5.56 Å². The Morgan fingerprint density at radius 3 is 1.55 bits per heavy atom. The quantitative estimate of drug-likeness (QED) is 0.108. The number of aliphatic carboxylic acids is 4. The van der Waals surface area contributed by atoms with Crippen LogP contribution in [0.15, 0.2) is 72.8 Å². The van der Waals surface area contributed by atoms with Crippen LogP contribution in [0.3, 0.4) is 0 Å². The number of carboxylic acid groups (broad SMARTS) is 4. The Morgan fingerprint density at radius 1 is 0.764 bits per heavy atom. The lowest BCUT2D eigenvalue weighted by Gasteiger charge is -2.39. The molecule has 7 N–H and O–H groups in total. The summed E-state index contributed by atoms with van der Waals surface area (Å²) in [5, 5.41) is 53.1. The number of halogens is 6. The first-order valence-corrected chi connectivity index (χ1v) is 16.2. The fourth-order valence-corrected chi connectivity index (χ4v) is 5.03. The molecule has 1 atom stereocenters. The average molecular weight is 794 g/mol. The number of likely N-dealkylation sites (tertiary alicyclic amines) is 1.